The molecule has 2 aliphatic carbocycles. The molecule has 0 aromatic heterocycles. The van der Waals surface area contributed by atoms with Crippen LogP contribution < -0.4 is 5.32 Å². The van der Waals surface area contributed by atoms with Gasteiger partial charge in [-0.25, -0.2) is 0 Å². The molecule has 116 valence electrons. The van der Waals surface area contributed by atoms with E-state index in [4.69, 9.17) is 0 Å². The quantitative estimate of drug-likeness (QED) is 0.797. The van der Waals surface area contributed by atoms with E-state index in [1.807, 2.05) is 0 Å². The molecule has 2 aliphatic rings. The molecule has 1 N–H and O–H groups in total. The maximum Gasteiger partial charge on any atom is 0.0139 e. The van der Waals surface area contributed by atoms with E-state index >= 15 is 0 Å². The van der Waals surface area contributed by atoms with E-state index in [-0.39, 0.29) is 0 Å². The minimum atomic E-state index is 0.469. The van der Waals surface area contributed by atoms with Crippen LogP contribution in [-0.4, -0.2) is 12.1 Å². The molecule has 3 unspecified atom stereocenters. The molecule has 1 heteroatoms. The summed E-state index contributed by atoms with van der Waals surface area (Å²) in [6, 6.07) is 12.6. The van der Waals surface area contributed by atoms with Crippen molar-refractivity contribution in [2.75, 3.05) is 0 Å². The highest BCUT2D eigenvalue weighted by molar-refractivity contribution is 5.22. The molecule has 0 bridgehead atoms. The van der Waals surface area contributed by atoms with Crippen LogP contribution in [0.5, 0.6) is 0 Å². The van der Waals surface area contributed by atoms with Gasteiger partial charge in [0.15, 0.2) is 0 Å². The van der Waals surface area contributed by atoms with Crippen molar-refractivity contribution in [3.05, 3.63) is 35.9 Å². The van der Waals surface area contributed by atoms with Crippen LogP contribution >= 0.6 is 0 Å². The molecule has 1 aromatic rings. The van der Waals surface area contributed by atoms with Crippen molar-refractivity contribution in [2.45, 2.75) is 83.2 Å². The van der Waals surface area contributed by atoms with Crippen LogP contribution in [0.15, 0.2) is 30.3 Å². The highest BCUT2D eigenvalue weighted by Gasteiger charge is 2.36. The van der Waals surface area contributed by atoms with Gasteiger partial charge >= 0.3 is 0 Å². The summed E-state index contributed by atoms with van der Waals surface area (Å²) in [6.45, 7) is 4.92. The van der Waals surface area contributed by atoms with Gasteiger partial charge < -0.3 is 5.32 Å². The Kier molecular flexibility index (Phi) is 4.69. The molecule has 3 rings (SSSR count). The monoisotopic (exact) mass is 285 g/mol. The second kappa shape index (κ2) is 6.52. The van der Waals surface area contributed by atoms with Crippen LogP contribution in [0.25, 0.3) is 0 Å². The Morgan fingerprint density at radius 2 is 1.62 bits per heavy atom. The van der Waals surface area contributed by atoms with E-state index in [0.717, 1.165) is 5.92 Å². The first kappa shape index (κ1) is 15.1. The summed E-state index contributed by atoms with van der Waals surface area (Å²) in [5.41, 5.74) is 2.01. The molecule has 2 saturated carbocycles. The molecular weight excluding hydrogens is 254 g/mol. The molecule has 1 nitrogen and oxygen atoms in total. The largest absolute Gasteiger partial charge is 0.310 e. The Hall–Kier alpha value is -0.820. The summed E-state index contributed by atoms with van der Waals surface area (Å²) in [6.07, 6.45) is 11.1. The Morgan fingerprint density at radius 1 is 0.905 bits per heavy atom. The fourth-order valence-corrected chi connectivity index (χ4v) is 4.49. The number of hydrogen-bond donors (Lipinski definition) is 1. The van der Waals surface area contributed by atoms with Gasteiger partial charge in [-0.15, -0.1) is 0 Å². The maximum absolute atomic E-state index is 4.10. The third-order valence-corrected chi connectivity index (χ3v) is 5.92. The molecule has 2 fully saturated rings. The molecular formula is C20H31N. The Bertz CT molecular complexity index is 436. The molecule has 0 saturated heterocycles. The minimum absolute atomic E-state index is 0.469. The molecule has 0 heterocycles. The molecule has 21 heavy (non-hydrogen) atoms. The minimum Gasteiger partial charge on any atom is -0.310 e. The Morgan fingerprint density at radius 3 is 2.38 bits per heavy atom. The fraction of sp³-hybridized carbons (Fsp3) is 0.700. The third-order valence-electron chi connectivity index (χ3n) is 5.92. The van der Waals surface area contributed by atoms with Gasteiger partial charge in [0.25, 0.3) is 0 Å². The number of benzene rings is 1. The zero-order valence-electron chi connectivity index (χ0n) is 13.8. The van der Waals surface area contributed by atoms with Gasteiger partial charge in [0.1, 0.15) is 0 Å². The zero-order chi connectivity index (χ0) is 14.7. The van der Waals surface area contributed by atoms with Crippen LogP contribution in [0.1, 0.15) is 76.7 Å². The molecule has 1 aromatic carbocycles. The van der Waals surface area contributed by atoms with Gasteiger partial charge in [0.05, 0.1) is 0 Å². The van der Waals surface area contributed by atoms with Crippen LogP contribution in [-0.2, 0) is 0 Å². The second-order valence-electron chi connectivity index (χ2n) is 7.86. The van der Waals surface area contributed by atoms with Gasteiger partial charge in [-0.05, 0) is 42.6 Å². The zero-order valence-corrected chi connectivity index (χ0v) is 13.8. The average molecular weight is 285 g/mol. The SMILES string of the molecule is CC1(C)CCCCC1NC1CCCCC1c1ccccc1. The van der Waals surface area contributed by atoms with Crippen molar-refractivity contribution in [3.63, 3.8) is 0 Å². The highest BCUT2D eigenvalue weighted by atomic mass is 15.0. The molecule has 0 radical (unpaired) electrons. The number of nitrogens with one attached hydrogen (secondary N) is 1. The summed E-state index contributed by atoms with van der Waals surface area (Å²) in [5.74, 6) is 0.720. The maximum atomic E-state index is 4.10. The summed E-state index contributed by atoms with van der Waals surface area (Å²) in [7, 11) is 0. The first-order valence-electron chi connectivity index (χ1n) is 8.98. The highest BCUT2D eigenvalue weighted by Crippen LogP contribution is 2.39. The third kappa shape index (κ3) is 3.51. The normalized spacial score (nSPS) is 32.8. The summed E-state index contributed by atoms with van der Waals surface area (Å²) < 4.78 is 0. The molecule has 3 atom stereocenters. The van der Waals surface area contributed by atoms with Crippen molar-refractivity contribution in [3.8, 4) is 0 Å². The lowest BCUT2D eigenvalue weighted by Crippen LogP contribution is -2.51. The van der Waals surface area contributed by atoms with Gasteiger partial charge in [-0.1, -0.05) is 69.9 Å². The van der Waals surface area contributed by atoms with Crippen LogP contribution in [0, 0.1) is 5.41 Å². The van der Waals surface area contributed by atoms with Gasteiger partial charge in [-0.3, -0.25) is 0 Å². The van der Waals surface area contributed by atoms with Crippen LogP contribution in [0.4, 0.5) is 0 Å². The van der Waals surface area contributed by atoms with Crippen molar-refractivity contribution in [1.29, 1.82) is 0 Å². The van der Waals surface area contributed by atoms with Crippen molar-refractivity contribution in [1.82, 2.24) is 5.32 Å². The smallest absolute Gasteiger partial charge is 0.0139 e. The lowest BCUT2D eigenvalue weighted by Gasteiger charge is -2.44. The predicted molar refractivity (Wildman–Crippen MR) is 90.6 cm³/mol. The van der Waals surface area contributed by atoms with Crippen LogP contribution in [0.2, 0.25) is 0 Å². The number of rotatable bonds is 3. The average Bonchev–Trinajstić information content (AvgIpc) is 2.51. The number of hydrogen-bond acceptors (Lipinski definition) is 1. The van der Waals surface area contributed by atoms with E-state index in [0.29, 0.717) is 17.5 Å². The molecule has 0 aliphatic heterocycles. The first-order valence-corrected chi connectivity index (χ1v) is 8.98. The topological polar surface area (TPSA) is 12.0 Å². The van der Waals surface area contributed by atoms with Gasteiger partial charge in [0, 0.05) is 12.1 Å². The molecule has 0 spiro atoms. The molecule has 0 amide bonds. The standard InChI is InChI=1S/C20H31N/c1-20(2)15-9-8-14-19(20)21-18-13-7-6-12-17(18)16-10-4-3-5-11-16/h3-5,10-11,17-19,21H,6-9,12-15H2,1-2H3. The van der Waals surface area contributed by atoms with Crippen molar-refractivity contribution < 1.29 is 0 Å². The lowest BCUT2D eigenvalue weighted by atomic mass is 9.71. The fourth-order valence-electron chi connectivity index (χ4n) is 4.49. The van der Waals surface area contributed by atoms with E-state index < -0.39 is 0 Å². The van der Waals surface area contributed by atoms with Crippen LogP contribution in [0.3, 0.4) is 0 Å². The summed E-state index contributed by atoms with van der Waals surface area (Å²) in [4.78, 5) is 0. The summed E-state index contributed by atoms with van der Waals surface area (Å²) >= 11 is 0. The first-order chi connectivity index (χ1) is 10.2. The van der Waals surface area contributed by atoms with Gasteiger partial charge in [-0.2, -0.15) is 0 Å². The van der Waals surface area contributed by atoms with E-state index in [9.17, 15) is 0 Å². The lowest BCUT2D eigenvalue weighted by molar-refractivity contribution is 0.140. The van der Waals surface area contributed by atoms with E-state index in [1.165, 1.54) is 51.4 Å². The summed E-state index contributed by atoms with van der Waals surface area (Å²) in [5, 5.41) is 4.10. The van der Waals surface area contributed by atoms with Gasteiger partial charge in [0.2, 0.25) is 0 Å². The Balaban J connectivity index is 1.72. The predicted octanol–water partition coefficient (Wildman–Crippen LogP) is 5.27. The second-order valence-corrected chi connectivity index (χ2v) is 7.86. The van der Waals surface area contributed by atoms with E-state index in [2.05, 4.69) is 49.5 Å². The van der Waals surface area contributed by atoms with E-state index in [1.54, 1.807) is 5.56 Å². The van der Waals surface area contributed by atoms with Crippen molar-refractivity contribution >= 4 is 0 Å². The van der Waals surface area contributed by atoms with Crippen molar-refractivity contribution in [2.24, 2.45) is 5.41 Å². The Labute approximate surface area is 130 Å².